The molecule has 0 atom stereocenters. The molecule has 0 heterocycles. The topological polar surface area (TPSA) is 9.23 Å². The van der Waals surface area contributed by atoms with Gasteiger partial charge in [0.1, 0.15) is 0 Å². The summed E-state index contributed by atoms with van der Waals surface area (Å²) in [7, 11) is 0. The Morgan fingerprint density at radius 1 is 1.08 bits per heavy atom. The van der Waals surface area contributed by atoms with Gasteiger partial charge in [-0.05, 0) is 18.8 Å². The second-order valence-electron chi connectivity index (χ2n) is 3.76. The van der Waals surface area contributed by atoms with E-state index in [1.54, 1.807) is 0 Å². The van der Waals surface area contributed by atoms with E-state index in [9.17, 15) is 0 Å². The molecule has 1 rings (SSSR count). The van der Waals surface area contributed by atoms with Gasteiger partial charge in [-0.1, -0.05) is 39.0 Å². The van der Waals surface area contributed by atoms with Crippen LogP contribution >= 0.6 is 0 Å². The first kappa shape index (κ1) is 10.0. The van der Waals surface area contributed by atoms with Crippen LogP contribution in [0.15, 0.2) is 0 Å². The molecule has 12 heavy (non-hydrogen) atoms. The Morgan fingerprint density at radius 3 is 2.58 bits per heavy atom. The molecule has 1 fully saturated rings. The number of hydrogen-bond acceptors (Lipinski definition) is 1. The van der Waals surface area contributed by atoms with E-state index in [1.807, 2.05) is 0 Å². The molecule has 0 N–H and O–H groups in total. The minimum atomic E-state index is 0.965. The third kappa shape index (κ3) is 5.59. The molecule has 1 radical (unpaired) electrons. The van der Waals surface area contributed by atoms with Crippen molar-refractivity contribution < 1.29 is 4.74 Å². The van der Waals surface area contributed by atoms with Gasteiger partial charge < -0.3 is 4.74 Å². The zero-order chi connectivity index (χ0) is 8.65. The largest absolute Gasteiger partial charge is 0.381 e. The Labute approximate surface area is 76.5 Å². The zero-order valence-corrected chi connectivity index (χ0v) is 8.06. The molecule has 0 saturated heterocycles. The van der Waals surface area contributed by atoms with Crippen LogP contribution in [0.1, 0.15) is 44.9 Å². The Hall–Kier alpha value is -0.0400. The van der Waals surface area contributed by atoms with Crippen molar-refractivity contribution >= 4 is 0 Å². The lowest BCUT2D eigenvalue weighted by Gasteiger charge is -2.02. The highest BCUT2D eigenvalue weighted by atomic mass is 16.5. The first-order chi connectivity index (χ1) is 5.93. The molecule has 0 aliphatic heterocycles. The number of unbranched alkanes of at least 4 members (excludes halogenated alkanes) is 3. The van der Waals surface area contributed by atoms with E-state index in [4.69, 9.17) is 4.74 Å². The SMILES string of the molecule is [CH2]CCCCCOCCC1CC1. The molecule has 1 nitrogen and oxygen atoms in total. The van der Waals surface area contributed by atoms with E-state index in [1.165, 1.54) is 38.5 Å². The van der Waals surface area contributed by atoms with Crippen LogP contribution in [0, 0.1) is 12.8 Å². The first-order valence-electron chi connectivity index (χ1n) is 5.30. The average molecular weight is 169 g/mol. The van der Waals surface area contributed by atoms with E-state index in [0.29, 0.717) is 0 Å². The Kier molecular flexibility index (Phi) is 5.42. The van der Waals surface area contributed by atoms with Gasteiger partial charge in [-0.3, -0.25) is 0 Å². The fraction of sp³-hybridized carbons (Fsp3) is 0.909. The van der Waals surface area contributed by atoms with Crippen molar-refractivity contribution in [1.82, 2.24) is 0 Å². The molecule has 0 aromatic carbocycles. The molecule has 1 aliphatic rings. The van der Waals surface area contributed by atoms with Crippen molar-refractivity contribution in [3.63, 3.8) is 0 Å². The summed E-state index contributed by atoms with van der Waals surface area (Å²) in [6.07, 6.45) is 9.03. The highest BCUT2D eigenvalue weighted by Gasteiger charge is 2.20. The van der Waals surface area contributed by atoms with Crippen molar-refractivity contribution in [2.24, 2.45) is 5.92 Å². The quantitative estimate of drug-likeness (QED) is 0.507. The van der Waals surface area contributed by atoms with Crippen molar-refractivity contribution in [2.45, 2.75) is 44.9 Å². The van der Waals surface area contributed by atoms with Gasteiger partial charge in [-0.25, -0.2) is 0 Å². The third-order valence-corrected chi connectivity index (χ3v) is 2.41. The van der Waals surface area contributed by atoms with Gasteiger partial charge in [-0.2, -0.15) is 0 Å². The minimum absolute atomic E-state index is 0.965. The van der Waals surface area contributed by atoms with Crippen LogP contribution in [0.25, 0.3) is 0 Å². The van der Waals surface area contributed by atoms with Crippen molar-refractivity contribution in [3.05, 3.63) is 6.92 Å². The second-order valence-corrected chi connectivity index (χ2v) is 3.76. The van der Waals surface area contributed by atoms with Crippen LogP contribution in [0.2, 0.25) is 0 Å². The molecule has 0 amide bonds. The molecule has 0 unspecified atom stereocenters. The molecule has 0 aromatic rings. The lowest BCUT2D eigenvalue weighted by atomic mass is 10.2. The van der Waals surface area contributed by atoms with Gasteiger partial charge in [-0.15, -0.1) is 0 Å². The van der Waals surface area contributed by atoms with Gasteiger partial charge in [0.05, 0.1) is 0 Å². The normalized spacial score (nSPS) is 16.8. The molecular formula is C11H21O. The summed E-state index contributed by atoms with van der Waals surface area (Å²) in [4.78, 5) is 0. The molecular weight excluding hydrogens is 148 g/mol. The second kappa shape index (κ2) is 6.47. The highest BCUT2D eigenvalue weighted by Crippen LogP contribution is 2.32. The van der Waals surface area contributed by atoms with Crippen molar-refractivity contribution in [3.8, 4) is 0 Å². The molecule has 1 saturated carbocycles. The summed E-state index contributed by atoms with van der Waals surface area (Å²) in [5, 5.41) is 0. The van der Waals surface area contributed by atoms with Crippen molar-refractivity contribution in [2.75, 3.05) is 13.2 Å². The molecule has 1 aliphatic carbocycles. The summed E-state index contributed by atoms with van der Waals surface area (Å²) < 4.78 is 5.51. The summed E-state index contributed by atoms with van der Waals surface area (Å²) in [6, 6.07) is 0. The Balaban J connectivity index is 1.65. The third-order valence-electron chi connectivity index (χ3n) is 2.41. The van der Waals surface area contributed by atoms with Crippen LogP contribution in [-0.4, -0.2) is 13.2 Å². The molecule has 0 bridgehead atoms. The standard InChI is InChI=1S/C11H21O/c1-2-3-4-5-9-12-10-8-11-6-7-11/h11H,1-10H2. The van der Waals surface area contributed by atoms with Gasteiger partial charge in [0.2, 0.25) is 0 Å². The van der Waals surface area contributed by atoms with Crippen LogP contribution in [0.4, 0.5) is 0 Å². The van der Waals surface area contributed by atoms with Gasteiger partial charge in [0.15, 0.2) is 0 Å². The van der Waals surface area contributed by atoms with E-state index < -0.39 is 0 Å². The van der Waals surface area contributed by atoms with Crippen LogP contribution < -0.4 is 0 Å². The van der Waals surface area contributed by atoms with E-state index in [-0.39, 0.29) is 0 Å². The summed E-state index contributed by atoms with van der Waals surface area (Å²) >= 11 is 0. The maximum absolute atomic E-state index is 5.51. The average Bonchev–Trinajstić information content (AvgIpc) is 2.87. The lowest BCUT2D eigenvalue weighted by Crippen LogP contribution is -1.97. The lowest BCUT2D eigenvalue weighted by molar-refractivity contribution is 0.124. The van der Waals surface area contributed by atoms with Crippen LogP contribution in [-0.2, 0) is 4.74 Å². The fourth-order valence-corrected chi connectivity index (χ4v) is 1.32. The smallest absolute Gasteiger partial charge is 0.0468 e. The predicted octanol–water partition coefficient (Wildman–Crippen LogP) is 3.20. The van der Waals surface area contributed by atoms with Crippen LogP contribution in [0.5, 0.6) is 0 Å². The molecule has 1 heteroatoms. The highest BCUT2D eigenvalue weighted by molar-refractivity contribution is 4.72. The first-order valence-corrected chi connectivity index (χ1v) is 5.30. The summed E-state index contributed by atoms with van der Waals surface area (Å²) in [5.74, 6) is 1.02. The van der Waals surface area contributed by atoms with E-state index in [0.717, 1.165) is 25.6 Å². The maximum atomic E-state index is 5.51. The minimum Gasteiger partial charge on any atom is -0.381 e. The summed E-state index contributed by atoms with van der Waals surface area (Å²) in [6.45, 7) is 5.77. The van der Waals surface area contributed by atoms with Crippen molar-refractivity contribution in [1.29, 1.82) is 0 Å². The van der Waals surface area contributed by atoms with Crippen LogP contribution in [0.3, 0.4) is 0 Å². The van der Waals surface area contributed by atoms with E-state index in [2.05, 4.69) is 6.92 Å². The van der Waals surface area contributed by atoms with E-state index >= 15 is 0 Å². The number of hydrogen-bond donors (Lipinski definition) is 0. The maximum Gasteiger partial charge on any atom is 0.0468 e. The number of rotatable bonds is 8. The molecule has 0 aromatic heterocycles. The van der Waals surface area contributed by atoms with Gasteiger partial charge >= 0.3 is 0 Å². The zero-order valence-electron chi connectivity index (χ0n) is 8.06. The Bertz CT molecular complexity index is 97.2. The summed E-state index contributed by atoms with van der Waals surface area (Å²) in [5.41, 5.74) is 0. The fourth-order valence-electron chi connectivity index (χ4n) is 1.32. The van der Waals surface area contributed by atoms with Gasteiger partial charge in [0, 0.05) is 13.2 Å². The van der Waals surface area contributed by atoms with Gasteiger partial charge in [0.25, 0.3) is 0 Å². The number of ether oxygens (including phenoxy) is 1. The molecule has 71 valence electrons. The predicted molar refractivity (Wildman–Crippen MR) is 52.0 cm³/mol. The monoisotopic (exact) mass is 169 g/mol. The Morgan fingerprint density at radius 2 is 1.92 bits per heavy atom. The molecule has 0 spiro atoms.